The molecule has 1 atom stereocenters. The van der Waals surface area contributed by atoms with Gasteiger partial charge < -0.3 is 18.8 Å². The lowest BCUT2D eigenvalue weighted by Crippen LogP contribution is -2.41. The summed E-state index contributed by atoms with van der Waals surface area (Å²) in [7, 11) is -3.65. The van der Waals surface area contributed by atoms with Crippen molar-refractivity contribution in [3.8, 4) is 11.5 Å². The number of piperidine rings is 1. The summed E-state index contributed by atoms with van der Waals surface area (Å²) >= 11 is 1.23. The minimum Gasteiger partial charge on any atom is -0.465 e. The van der Waals surface area contributed by atoms with Gasteiger partial charge in [-0.1, -0.05) is 17.8 Å². The molecule has 1 aromatic heterocycles. The normalized spacial score (nSPS) is 18.3. The fourth-order valence-corrected chi connectivity index (χ4v) is 7.26. The predicted molar refractivity (Wildman–Crippen MR) is 136 cm³/mol. The number of aromatic nitrogens is 1. The van der Waals surface area contributed by atoms with Crippen LogP contribution in [0.4, 0.5) is 0 Å². The fraction of sp³-hybridized carbons (Fsp3) is 0.400. The van der Waals surface area contributed by atoms with Crippen LogP contribution in [0.3, 0.4) is 0 Å². The Hall–Kier alpha value is -3.22. The summed E-state index contributed by atoms with van der Waals surface area (Å²) in [5.41, 5.74) is 0.894. The van der Waals surface area contributed by atoms with Crippen LogP contribution in [-0.2, 0) is 26.1 Å². The summed E-state index contributed by atoms with van der Waals surface area (Å²) in [4.78, 5) is 30.1. The second kappa shape index (κ2) is 10.3. The lowest BCUT2D eigenvalue weighted by molar-refractivity contribution is -0.143. The second-order valence-electron chi connectivity index (χ2n) is 8.85. The molecule has 2 aliphatic heterocycles. The highest BCUT2D eigenvalue weighted by atomic mass is 32.2. The molecule has 3 aromatic rings. The number of thiazole rings is 1. The molecule has 1 amide bonds. The average molecular weight is 546 g/mol. The minimum atomic E-state index is -3.65. The van der Waals surface area contributed by atoms with Gasteiger partial charge in [0.15, 0.2) is 16.3 Å². The van der Waals surface area contributed by atoms with E-state index in [9.17, 15) is 18.0 Å². The number of rotatable bonds is 6. The van der Waals surface area contributed by atoms with Crippen LogP contribution in [0.25, 0.3) is 10.2 Å². The Morgan fingerprint density at radius 1 is 1.14 bits per heavy atom. The molecule has 0 bridgehead atoms. The molecule has 0 radical (unpaired) electrons. The van der Waals surface area contributed by atoms with Crippen molar-refractivity contribution < 1.29 is 32.2 Å². The van der Waals surface area contributed by atoms with Gasteiger partial charge in [-0.25, -0.2) is 8.42 Å². The molecule has 1 unspecified atom stereocenters. The number of esters is 1. The maximum atomic E-state index is 13.1. The SMILES string of the molecule is CCOC(=O)Cn1c(=NC(=O)c2ccc(S(=O)(=O)N3CCCCC3C)cc2)sc2cc3c(cc21)OCO3. The highest BCUT2D eigenvalue weighted by Crippen LogP contribution is 2.37. The van der Waals surface area contributed by atoms with E-state index in [0.717, 1.165) is 24.0 Å². The van der Waals surface area contributed by atoms with Crippen molar-refractivity contribution in [2.45, 2.75) is 50.6 Å². The Balaban J connectivity index is 1.48. The fourth-order valence-electron chi connectivity index (χ4n) is 4.52. The molecule has 2 aliphatic rings. The van der Waals surface area contributed by atoms with E-state index in [0.29, 0.717) is 28.4 Å². The molecule has 0 N–H and O–H groups in total. The van der Waals surface area contributed by atoms with Gasteiger partial charge in [0.25, 0.3) is 5.91 Å². The lowest BCUT2D eigenvalue weighted by Gasteiger charge is -2.32. The van der Waals surface area contributed by atoms with E-state index in [2.05, 4.69) is 4.99 Å². The van der Waals surface area contributed by atoms with Crippen molar-refractivity contribution in [3.63, 3.8) is 0 Å². The van der Waals surface area contributed by atoms with Gasteiger partial charge in [0.2, 0.25) is 16.8 Å². The number of carbonyl (C=O) groups excluding carboxylic acids is 2. The van der Waals surface area contributed by atoms with Crippen LogP contribution in [0.2, 0.25) is 0 Å². The number of carbonyl (C=O) groups is 2. The van der Waals surface area contributed by atoms with E-state index >= 15 is 0 Å². The zero-order valence-corrected chi connectivity index (χ0v) is 22.1. The van der Waals surface area contributed by atoms with E-state index in [1.165, 1.54) is 39.9 Å². The number of benzene rings is 2. The third-order valence-electron chi connectivity index (χ3n) is 6.42. The maximum Gasteiger partial charge on any atom is 0.326 e. The van der Waals surface area contributed by atoms with E-state index in [1.54, 1.807) is 23.6 Å². The average Bonchev–Trinajstić information content (AvgIpc) is 3.46. The lowest BCUT2D eigenvalue weighted by atomic mass is 10.1. The van der Waals surface area contributed by atoms with Gasteiger partial charge in [-0.3, -0.25) is 9.59 Å². The Bertz CT molecular complexity index is 1520. The molecule has 0 spiro atoms. The van der Waals surface area contributed by atoms with Crippen LogP contribution in [0.1, 0.15) is 43.5 Å². The van der Waals surface area contributed by atoms with Crippen LogP contribution < -0.4 is 14.3 Å². The molecule has 37 heavy (non-hydrogen) atoms. The molecule has 3 heterocycles. The number of amides is 1. The summed E-state index contributed by atoms with van der Waals surface area (Å²) in [6.07, 6.45) is 2.68. The summed E-state index contributed by atoms with van der Waals surface area (Å²) in [5.74, 6) is 0.102. The molecule has 1 saturated heterocycles. The third kappa shape index (κ3) is 5.00. The summed E-state index contributed by atoms with van der Waals surface area (Å²) in [6.45, 7) is 4.33. The van der Waals surface area contributed by atoms with E-state index in [4.69, 9.17) is 14.2 Å². The monoisotopic (exact) mass is 545 g/mol. The van der Waals surface area contributed by atoms with E-state index < -0.39 is 21.9 Å². The first-order valence-corrected chi connectivity index (χ1v) is 14.3. The van der Waals surface area contributed by atoms with E-state index in [1.807, 2.05) is 6.92 Å². The molecule has 12 heteroatoms. The molecule has 1 fully saturated rings. The summed E-state index contributed by atoms with van der Waals surface area (Å²) in [5, 5.41) is 0. The van der Waals surface area contributed by atoms with Gasteiger partial charge in [-0.05, 0) is 51.0 Å². The number of sulfonamides is 1. The van der Waals surface area contributed by atoms with Crippen LogP contribution in [-0.4, -0.2) is 55.2 Å². The zero-order chi connectivity index (χ0) is 26.2. The van der Waals surface area contributed by atoms with Crippen molar-refractivity contribution >= 4 is 43.5 Å². The highest BCUT2D eigenvalue weighted by molar-refractivity contribution is 7.89. The van der Waals surface area contributed by atoms with E-state index in [-0.39, 0.29) is 36.4 Å². The molecule has 10 nitrogen and oxygen atoms in total. The van der Waals surface area contributed by atoms with Gasteiger partial charge in [0.1, 0.15) is 6.54 Å². The highest BCUT2D eigenvalue weighted by Gasteiger charge is 2.31. The third-order valence-corrected chi connectivity index (χ3v) is 9.49. The molecule has 2 aromatic carbocycles. The Kier molecular flexibility index (Phi) is 7.06. The van der Waals surface area contributed by atoms with Crippen LogP contribution in [0.15, 0.2) is 46.3 Å². The van der Waals surface area contributed by atoms with Gasteiger partial charge >= 0.3 is 5.97 Å². The predicted octanol–water partition coefficient (Wildman–Crippen LogP) is 3.30. The van der Waals surface area contributed by atoms with Crippen molar-refractivity contribution in [3.05, 3.63) is 46.8 Å². The number of fused-ring (bicyclic) bond motifs is 2. The minimum absolute atomic E-state index is 0.0602. The number of hydrogen-bond donors (Lipinski definition) is 0. The first-order chi connectivity index (χ1) is 17.8. The Morgan fingerprint density at radius 3 is 2.57 bits per heavy atom. The van der Waals surface area contributed by atoms with Gasteiger partial charge in [-0.2, -0.15) is 9.30 Å². The smallest absolute Gasteiger partial charge is 0.326 e. The zero-order valence-electron chi connectivity index (χ0n) is 20.5. The standard InChI is InChI=1S/C25H27N3O7S2/c1-3-33-23(29)14-27-19-12-20-21(35-15-34-20)13-22(19)36-25(27)26-24(30)17-7-9-18(10-8-17)37(31,32)28-11-5-4-6-16(28)2/h7-10,12-13,16H,3-6,11,14-15H2,1-2H3. The van der Waals surface area contributed by atoms with Crippen molar-refractivity contribution in [2.75, 3.05) is 19.9 Å². The first kappa shape index (κ1) is 25.4. The van der Waals surface area contributed by atoms with Crippen LogP contribution >= 0.6 is 11.3 Å². The second-order valence-corrected chi connectivity index (χ2v) is 11.8. The molecular formula is C25H27N3O7S2. The first-order valence-electron chi connectivity index (χ1n) is 12.1. The maximum absolute atomic E-state index is 13.1. The summed E-state index contributed by atoms with van der Waals surface area (Å²) in [6, 6.07) is 9.29. The Morgan fingerprint density at radius 2 is 1.86 bits per heavy atom. The number of hydrogen-bond acceptors (Lipinski definition) is 8. The van der Waals surface area contributed by atoms with Crippen molar-refractivity contribution in [1.29, 1.82) is 0 Å². The molecule has 5 rings (SSSR count). The molecule has 196 valence electrons. The largest absolute Gasteiger partial charge is 0.465 e. The molecular weight excluding hydrogens is 518 g/mol. The van der Waals surface area contributed by atoms with Gasteiger partial charge in [0, 0.05) is 30.3 Å². The quantitative estimate of drug-likeness (QED) is 0.436. The topological polar surface area (TPSA) is 117 Å². The molecule has 0 aliphatic carbocycles. The number of ether oxygens (including phenoxy) is 3. The van der Waals surface area contributed by atoms with Gasteiger partial charge in [-0.15, -0.1) is 0 Å². The summed E-state index contributed by atoms with van der Waals surface area (Å²) < 4.78 is 46.1. The molecule has 0 saturated carbocycles. The van der Waals surface area contributed by atoms with Gasteiger partial charge in [0.05, 0.1) is 21.7 Å². The van der Waals surface area contributed by atoms with Crippen LogP contribution in [0, 0.1) is 0 Å². The van der Waals surface area contributed by atoms with Crippen molar-refractivity contribution in [2.24, 2.45) is 4.99 Å². The number of nitrogens with zero attached hydrogens (tertiary/aromatic N) is 3. The Labute approximate surface area is 218 Å². The van der Waals surface area contributed by atoms with Crippen molar-refractivity contribution in [1.82, 2.24) is 8.87 Å². The van der Waals surface area contributed by atoms with Crippen LogP contribution in [0.5, 0.6) is 11.5 Å².